The van der Waals surface area contributed by atoms with Crippen molar-refractivity contribution in [3.05, 3.63) is 90.5 Å². The van der Waals surface area contributed by atoms with Crippen LogP contribution in [0, 0.1) is 0 Å². The monoisotopic (exact) mass is 340 g/mol. The van der Waals surface area contributed by atoms with Crippen molar-refractivity contribution in [2.24, 2.45) is 0 Å². The fourth-order valence-electron chi connectivity index (χ4n) is 2.43. The van der Waals surface area contributed by atoms with E-state index in [-0.39, 0.29) is 9.90 Å². The SMILES string of the molecule is O=C(O)c1ccccc1P(c1ccccc1)c1ccccc1.P. The quantitative estimate of drug-likeness (QED) is 0.741. The molecule has 0 radical (unpaired) electrons. The van der Waals surface area contributed by atoms with Crippen LogP contribution in [0.3, 0.4) is 0 Å². The number of hydrogen-bond donors (Lipinski definition) is 1. The highest BCUT2D eigenvalue weighted by atomic mass is 31.1. The normalized spacial score (nSPS) is 10.1. The molecule has 0 heterocycles. The number of hydrogen-bond acceptors (Lipinski definition) is 1. The predicted molar refractivity (Wildman–Crippen MR) is 103 cm³/mol. The lowest BCUT2D eigenvalue weighted by Gasteiger charge is -2.20. The molecule has 1 unspecified atom stereocenters. The van der Waals surface area contributed by atoms with Gasteiger partial charge in [-0.25, -0.2) is 4.79 Å². The van der Waals surface area contributed by atoms with Crippen molar-refractivity contribution in [2.75, 3.05) is 0 Å². The summed E-state index contributed by atoms with van der Waals surface area (Å²) in [7, 11) is -0.880. The zero-order chi connectivity index (χ0) is 15.4. The molecule has 0 aliphatic heterocycles. The first kappa shape index (κ1) is 17.3. The van der Waals surface area contributed by atoms with Crippen LogP contribution in [0.1, 0.15) is 10.4 Å². The summed E-state index contributed by atoms with van der Waals surface area (Å²) in [5, 5.41) is 12.7. The second-order valence-corrected chi connectivity index (χ2v) is 7.01. The molecular weight excluding hydrogens is 322 g/mol. The first-order chi connectivity index (χ1) is 10.8. The number of rotatable bonds is 4. The summed E-state index contributed by atoms with van der Waals surface area (Å²) in [5.41, 5.74) is 0.376. The van der Waals surface area contributed by atoms with E-state index in [4.69, 9.17) is 0 Å². The molecule has 4 heteroatoms. The fourth-order valence-corrected chi connectivity index (χ4v) is 4.87. The van der Waals surface area contributed by atoms with Crippen LogP contribution in [-0.2, 0) is 0 Å². The van der Waals surface area contributed by atoms with Crippen molar-refractivity contribution in [3.8, 4) is 0 Å². The Bertz CT molecular complexity index is 734. The molecule has 0 aliphatic rings. The molecule has 1 N–H and O–H groups in total. The Morgan fingerprint density at radius 1 is 0.696 bits per heavy atom. The average Bonchev–Trinajstić information content (AvgIpc) is 2.57. The molecule has 1 atom stereocenters. The third kappa shape index (κ3) is 3.85. The van der Waals surface area contributed by atoms with Gasteiger partial charge < -0.3 is 5.11 Å². The number of aromatic carboxylic acids is 1. The van der Waals surface area contributed by atoms with Crippen molar-refractivity contribution in [1.82, 2.24) is 0 Å². The van der Waals surface area contributed by atoms with Crippen LogP contribution in [0.2, 0.25) is 0 Å². The zero-order valence-electron chi connectivity index (χ0n) is 12.6. The first-order valence-electron chi connectivity index (χ1n) is 7.00. The van der Waals surface area contributed by atoms with E-state index < -0.39 is 13.9 Å². The summed E-state index contributed by atoms with van der Waals surface area (Å²) < 4.78 is 0. The maximum Gasteiger partial charge on any atom is 0.336 e. The molecule has 3 rings (SSSR count). The van der Waals surface area contributed by atoms with Gasteiger partial charge in [0, 0.05) is 0 Å². The van der Waals surface area contributed by atoms with Crippen molar-refractivity contribution in [2.45, 2.75) is 0 Å². The van der Waals surface area contributed by atoms with Crippen LogP contribution < -0.4 is 15.9 Å². The Kier molecular flexibility index (Phi) is 6.04. The Balaban J connectivity index is 0.00000192. The number of benzene rings is 3. The van der Waals surface area contributed by atoms with Gasteiger partial charge in [0.15, 0.2) is 0 Å². The second-order valence-electron chi connectivity index (χ2n) is 4.83. The van der Waals surface area contributed by atoms with Gasteiger partial charge in [0.2, 0.25) is 0 Å². The van der Waals surface area contributed by atoms with E-state index in [1.54, 1.807) is 12.1 Å². The number of carbonyl (C=O) groups is 1. The van der Waals surface area contributed by atoms with Crippen molar-refractivity contribution in [1.29, 1.82) is 0 Å². The first-order valence-corrected chi connectivity index (χ1v) is 8.34. The molecule has 0 saturated heterocycles. The topological polar surface area (TPSA) is 37.3 Å². The van der Waals surface area contributed by atoms with E-state index in [9.17, 15) is 9.90 Å². The predicted octanol–water partition coefficient (Wildman–Crippen LogP) is 3.20. The van der Waals surface area contributed by atoms with E-state index in [0.29, 0.717) is 5.56 Å². The molecule has 116 valence electrons. The Labute approximate surface area is 140 Å². The molecule has 3 aromatic carbocycles. The van der Waals surface area contributed by atoms with Crippen LogP contribution in [0.4, 0.5) is 0 Å². The van der Waals surface area contributed by atoms with E-state index in [2.05, 4.69) is 24.3 Å². The summed E-state index contributed by atoms with van der Waals surface area (Å²) in [6, 6.07) is 27.5. The minimum absolute atomic E-state index is 0. The average molecular weight is 340 g/mol. The van der Waals surface area contributed by atoms with Gasteiger partial charge in [-0.05, 0) is 29.9 Å². The lowest BCUT2D eigenvalue weighted by Crippen LogP contribution is -2.24. The molecule has 2 nitrogen and oxygen atoms in total. The van der Waals surface area contributed by atoms with Crippen molar-refractivity contribution in [3.63, 3.8) is 0 Å². The van der Waals surface area contributed by atoms with Crippen LogP contribution in [0.25, 0.3) is 0 Å². The van der Waals surface area contributed by atoms with Crippen molar-refractivity contribution >= 4 is 39.7 Å². The molecule has 3 aromatic rings. The van der Waals surface area contributed by atoms with Gasteiger partial charge in [-0.3, -0.25) is 0 Å². The molecular formula is C19H18O2P2. The fraction of sp³-hybridized carbons (Fsp3) is 0. The summed E-state index contributed by atoms with van der Waals surface area (Å²) in [6.07, 6.45) is 0. The Hall–Kier alpha value is -2.01. The molecule has 0 spiro atoms. The highest BCUT2D eigenvalue weighted by molar-refractivity contribution is 7.80. The number of carboxylic acid groups (broad SMARTS) is 1. The van der Waals surface area contributed by atoms with Gasteiger partial charge in [0.25, 0.3) is 0 Å². The minimum atomic E-state index is -0.880. The van der Waals surface area contributed by atoms with Crippen LogP contribution in [0.15, 0.2) is 84.9 Å². The largest absolute Gasteiger partial charge is 0.478 e. The molecule has 23 heavy (non-hydrogen) atoms. The van der Waals surface area contributed by atoms with Gasteiger partial charge in [-0.2, -0.15) is 9.90 Å². The van der Waals surface area contributed by atoms with E-state index >= 15 is 0 Å². The number of carboxylic acids is 1. The van der Waals surface area contributed by atoms with E-state index in [0.717, 1.165) is 15.9 Å². The maximum atomic E-state index is 11.6. The lowest BCUT2D eigenvalue weighted by molar-refractivity contribution is 0.0698. The third-order valence-corrected chi connectivity index (χ3v) is 5.91. The summed E-state index contributed by atoms with van der Waals surface area (Å²) in [5.74, 6) is -0.880. The molecule has 0 aliphatic carbocycles. The van der Waals surface area contributed by atoms with Crippen LogP contribution >= 0.6 is 17.8 Å². The second kappa shape index (κ2) is 8.02. The van der Waals surface area contributed by atoms with Gasteiger partial charge in [0.1, 0.15) is 0 Å². The van der Waals surface area contributed by atoms with Gasteiger partial charge in [-0.1, -0.05) is 78.9 Å². The van der Waals surface area contributed by atoms with Gasteiger partial charge >= 0.3 is 5.97 Å². The smallest absolute Gasteiger partial charge is 0.336 e. The Morgan fingerprint density at radius 2 is 1.13 bits per heavy atom. The highest BCUT2D eigenvalue weighted by Gasteiger charge is 2.21. The minimum Gasteiger partial charge on any atom is -0.478 e. The zero-order valence-corrected chi connectivity index (χ0v) is 14.9. The summed E-state index contributed by atoms with van der Waals surface area (Å²) in [6.45, 7) is 0. The van der Waals surface area contributed by atoms with Gasteiger partial charge in [0.05, 0.1) is 5.56 Å². The third-order valence-electron chi connectivity index (χ3n) is 3.40. The molecule has 0 aromatic heterocycles. The Morgan fingerprint density at radius 3 is 1.61 bits per heavy atom. The van der Waals surface area contributed by atoms with Crippen LogP contribution in [0.5, 0.6) is 0 Å². The molecule has 0 bridgehead atoms. The van der Waals surface area contributed by atoms with Crippen molar-refractivity contribution < 1.29 is 9.90 Å². The standard InChI is InChI=1S/C19H15O2P.H3P/c20-19(21)17-13-7-8-14-18(17)22(15-9-3-1-4-10-15)16-11-5-2-6-12-16;/h1-14H,(H,20,21);1H3. The van der Waals surface area contributed by atoms with E-state index in [1.165, 1.54) is 0 Å². The summed E-state index contributed by atoms with van der Waals surface area (Å²) >= 11 is 0. The molecule has 0 saturated carbocycles. The lowest BCUT2D eigenvalue weighted by atomic mass is 10.2. The highest BCUT2D eigenvalue weighted by Crippen LogP contribution is 2.33. The maximum absolute atomic E-state index is 11.6. The van der Waals surface area contributed by atoms with E-state index in [1.807, 2.05) is 48.5 Å². The molecule has 0 amide bonds. The van der Waals surface area contributed by atoms with Gasteiger partial charge in [-0.15, -0.1) is 0 Å². The van der Waals surface area contributed by atoms with Crippen LogP contribution in [-0.4, -0.2) is 11.1 Å². The molecule has 0 fully saturated rings. The summed E-state index contributed by atoms with van der Waals surface area (Å²) in [4.78, 5) is 11.6.